The third-order valence-corrected chi connectivity index (χ3v) is 3.93. The van der Waals surface area contributed by atoms with Crippen LogP contribution < -0.4 is 11.3 Å². The molecule has 1 amide bonds. The molecule has 18 heavy (non-hydrogen) atoms. The van der Waals surface area contributed by atoms with Crippen LogP contribution in [0.5, 0.6) is 0 Å². The van der Waals surface area contributed by atoms with Crippen LogP contribution >= 0.6 is 27.7 Å². The summed E-state index contributed by atoms with van der Waals surface area (Å²) in [5.74, 6) is 5.63. The van der Waals surface area contributed by atoms with E-state index >= 15 is 0 Å². The molecule has 0 saturated heterocycles. The molecule has 8 heteroatoms. The second kappa shape index (κ2) is 5.98. The molecule has 2 rings (SSSR count). The maximum atomic E-state index is 11.2. The highest BCUT2D eigenvalue weighted by atomic mass is 79.9. The number of rotatable bonds is 4. The largest absolute Gasteiger partial charge is 0.360 e. The molecule has 0 bridgehead atoms. The lowest BCUT2D eigenvalue weighted by Gasteiger charge is -1.99. The fourth-order valence-electron chi connectivity index (χ4n) is 1.18. The van der Waals surface area contributed by atoms with Gasteiger partial charge in [-0.05, 0) is 28.1 Å². The van der Waals surface area contributed by atoms with E-state index in [1.807, 2.05) is 17.6 Å². The van der Waals surface area contributed by atoms with Gasteiger partial charge in [0.15, 0.2) is 5.69 Å². The van der Waals surface area contributed by atoms with Crippen molar-refractivity contribution in [1.82, 2.24) is 15.6 Å². The van der Waals surface area contributed by atoms with Crippen molar-refractivity contribution < 1.29 is 9.32 Å². The summed E-state index contributed by atoms with van der Waals surface area (Å²) in [6.45, 7) is 0. The van der Waals surface area contributed by atoms with Crippen LogP contribution in [-0.4, -0.2) is 16.0 Å². The van der Waals surface area contributed by atoms with Crippen molar-refractivity contribution in [2.24, 2.45) is 5.84 Å². The Labute approximate surface area is 115 Å². The van der Waals surface area contributed by atoms with Gasteiger partial charge in [0, 0.05) is 16.7 Å². The van der Waals surface area contributed by atoms with Crippen LogP contribution in [0.4, 0.5) is 0 Å². The average Bonchev–Trinajstić information content (AvgIpc) is 2.86. The number of hydrogen-bond donors (Lipinski definition) is 2. The van der Waals surface area contributed by atoms with Gasteiger partial charge in [0.2, 0.25) is 0 Å². The molecule has 0 saturated carbocycles. The average molecular weight is 329 g/mol. The molecular formula is C10H9BrN4O2S. The quantitative estimate of drug-likeness (QED) is 0.384. The van der Waals surface area contributed by atoms with Crippen LogP contribution in [0, 0.1) is 0 Å². The zero-order valence-corrected chi connectivity index (χ0v) is 11.5. The number of carbonyl (C=O) groups is 1. The van der Waals surface area contributed by atoms with Crippen molar-refractivity contribution in [1.29, 1.82) is 0 Å². The first kappa shape index (κ1) is 13.1. The summed E-state index contributed by atoms with van der Waals surface area (Å²) in [6, 6.07) is 5.29. The molecule has 94 valence electrons. The van der Waals surface area contributed by atoms with E-state index in [2.05, 4.69) is 26.1 Å². The summed E-state index contributed by atoms with van der Waals surface area (Å²) >= 11 is 4.88. The normalized spacial score (nSPS) is 10.3. The Morgan fingerprint density at radius 1 is 1.61 bits per heavy atom. The van der Waals surface area contributed by atoms with Crippen LogP contribution in [0.15, 0.2) is 38.4 Å². The van der Waals surface area contributed by atoms with Gasteiger partial charge >= 0.3 is 0 Å². The lowest BCUT2D eigenvalue weighted by Crippen LogP contribution is -2.30. The van der Waals surface area contributed by atoms with E-state index in [1.165, 1.54) is 11.8 Å². The van der Waals surface area contributed by atoms with Gasteiger partial charge in [-0.2, -0.15) is 0 Å². The van der Waals surface area contributed by atoms with Crippen molar-refractivity contribution in [2.45, 2.75) is 10.8 Å². The van der Waals surface area contributed by atoms with Crippen molar-refractivity contribution >= 4 is 33.6 Å². The topological polar surface area (TPSA) is 94.0 Å². The minimum absolute atomic E-state index is 0.160. The standard InChI is InChI=1S/C10H9BrN4O2S/c11-7-2-1-3-13-10(7)18-5-6-4-8(15-17-6)9(16)14-12/h1-4H,5,12H2,(H,14,16). The van der Waals surface area contributed by atoms with E-state index < -0.39 is 5.91 Å². The number of nitrogens with zero attached hydrogens (tertiary/aromatic N) is 2. The van der Waals surface area contributed by atoms with Crippen LogP contribution in [0.25, 0.3) is 0 Å². The molecule has 0 aromatic carbocycles. The van der Waals surface area contributed by atoms with Crippen molar-refractivity contribution in [3.8, 4) is 0 Å². The van der Waals surface area contributed by atoms with E-state index in [4.69, 9.17) is 10.4 Å². The number of thioether (sulfide) groups is 1. The van der Waals surface area contributed by atoms with Gasteiger partial charge in [0.25, 0.3) is 5.91 Å². The number of nitrogens with two attached hydrogens (primary N) is 1. The monoisotopic (exact) mass is 328 g/mol. The van der Waals surface area contributed by atoms with Gasteiger partial charge in [0.05, 0.1) is 5.75 Å². The molecule has 2 heterocycles. The number of halogens is 1. The Morgan fingerprint density at radius 3 is 3.17 bits per heavy atom. The third kappa shape index (κ3) is 3.09. The van der Waals surface area contributed by atoms with E-state index in [-0.39, 0.29) is 5.69 Å². The number of nitrogen functional groups attached to an aromatic ring is 1. The van der Waals surface area contributed by atoms with Gasteiger partial charge in [-0.25, -0.2) is 10.8 Å². The summed E-state index contributed by atoms with van der Waals surface area (Å²) in [6.07, 6.45) is 1.71. The summed E-state index contributed by atoms with van der Waals surface area (Å²) in [4.78, 5) is 15.4. The van der Waals surface area contributed by atoms with Gasteiger partial charge in [0.1, 0.15) is 10.8 Å². The van der Waals surface area contributed by atoms with Crippen LogP contribution in [0.3, 0.4) is 0 Å². The molecule has 0 fully saturated rings. The van der Waals surface area contributed by atoms with Crippen LogP contribution in [0.1, 0.15) is 16.2 Å². The molecule has 0 radical (unpaired) electrons. The Hall–Kier alpha value is -1.38. The minimum atomic E-state index is -0.478. The molecule has 2 aromatic heterocycles. The lowest BCUT2D eigenvalue weighted by atomic mass is 10.4. The Morgan fingerprint density at radius 2 is 2.44 bits per heavy atom. The molecule has 0 aliphatic rings. The predicted molar refractivity (Wildman–Crippen MR) is 69.7 cm³/mol. The number of hydrazine groups is 1. The highest BCUT2D eigenvalue weighted by Crippen LogP contribution is 2.27. The van der Waals surface area contributed by atoms with E-state index in [9.17, 15) is 4.79 Å². The molecular weight excluding hydrogens is 320 g/mol. The molecule has 2 aromatic rings. The molecule has 0 unspecified atom stereocenters. The smallest absolute Gasteiger partial charge is 0.287 e. The number of aromatic nitrogens is 2. The molecule has 0 spiro atoms. The number of amides is 1. The van der Waals surface area contributed by atoms with Gasteiger partial charge in [-0.15, -0.1) is 0 Å². The summed E-state index contributed by atoms with van der Waals surface area (Å²) in [7, 11) is 0. The highest BCUT2D eigenvalue weighted by Gasteiger charge is 2.12. The SMILES string of the molecule is NNC(=O)c1cc(CSc2ncccc2Br)on1. The second-order valence-electron chi connectivity index (χ2n) is 3.23. The van der Waals surface area contributed by atoms with Crippen molar-refractivity contribution in [2.75, 3.05) is 0 Å². The maximum absolute atomic E-state index is 11.2. The fraction of sp³-hybridized carbons (Fsp3) is 0.100. The zero-order valence-electron chi connectivity index (χ0n) is 9.09. The minimum Gasteiger partial charge on any atom is -0.360 e. The summed E-state index contributed by atoms with van der Waals surface area (Å²) in [5.41, 5.74) is 2.15. The predicted octanol–water partition coefficient (Wildman–Crippen LogP) is 1.73. The molecule has 6 nitrogen and oxygen atoms in total. The van der Waals surface area contributed by atoms with Crippen LogP contribution in [-0.2, 0) is 5.75 Å². The van der Waals surface area contributed by atoms with Crippen molar-refractivity contribution in [3.05, 3.63) is 40.3 Å². The third-order valence-electron chi connectivity index (χ3n) is 2.00. The first-order valence-corrected chi connectivity index (χ1v) is 6.68. The number of nitrogens with one attached hydrogen (secondary N) is 1. The maximum Gasteiger partial charge on any atom is 0.287 e. The van der Waals surface area contributed by atoms with Gasteiger partial charge in [-0.3, -0.25) is 10.2 Å². The number of hydrogen-bond acceptors (Lipinski definition) is 6. The first-order chi connectivity index (χ1) is 8.70. The van der Waals surface area contributed by atoms with Gasteiger partial charge < -0.3 is 4.52 Å². The Bertz CT molecular complexity index is 560. The fourth-order valence-corrected chi connectivity index (χ4v) is 2.53. The first-order valence-electron chi connectivity index (χ1n) is 4.90. The second-order valence-corrected chi connectivity index (χ2v) is 5.05. The summed E-state index contributed by atoms with van der Waals surface area (Å²) < 4.78 is 5.93. The number of pyridine rings is 1. The van der Waals surface area contributed by atoms with Crippen molar-refractivity contribution in [3.63, 3.8) is 0 Å². The van der Waals surface area contributed by atoms with Crippen LogP contribution in [0.2, 0.25) is 0 Å². The molecule has 0 aliphatic heterocycles. The summed E-state index contributed by atoms with van der Waals surface area (Å²) in [5, 5.41) is 4.46. The molecule has 0 aliphatic carbocycles. The number of carbonyl (C=O) groups excluding carboxylic acids is 1. The van der Waals surface area contributed by atoms with Gasteiger partial charge in [-0.1, -0.05) is 16.9 Å². The molecule has 0 atom stereocenters. The highest BCUT2D eigenvalue weighted by molar-refractivity contribution is 9.10. The Kier molecular flexibility index (Phi) is 4.34. The van der Waals surface area contributed by atoms with E-state index in [0.29, 0.717) is 11.5 Å². The Balaban J connectivity index is 2.01. The van der Waals surface area contributed by atoms with E-state index in [0.717, 1.165) is 9.50 Å². The lowest BCUT2D eigenvalue weighted by molar-refractivity contribution is 0.0944. The zero-order chi connectivity index (χ0) is 13.0. The van der Waals surface area contributed by atoms with E-state index in [1.54, 1.807) is 12.3 Å². The molecule has 3 N–H and O–H groups in total.